The number of hydrogen-bond donors (Lipinski definition) is 1. The molecule has 0 amide bonds. The van der Waals surface area contributed by atoms with E-state index >= 15 is 0 Å². The number of ether oxygens (including phenoxy) is 1. The number of nitrogens with two attached hydrogens (primary N) is 1. The van der Waals surface area contributed by atoms with Crippen LogP contribution in [0.1, 0.15) is 11.1 Å². The lowest BCUT2D eigenvalue weighted by Crippen LogP contribution is -2.21. The molecule has 0 saturated carbocycles. The van der Waals surface area contributed by atoms with E-state index in [0.29, 0.717) is 6.07 Å². The van der Waals surface area contributed by atoms with E-state index in [1.54, 1.807) is 0 Å². The van der Waals surface area contributed by atoms with Crippen LogP contribution in [-0.2, 0) is 27.4 Å². The molecule has 0 aliphatic rings. The smallest absolute Gasteiger partial charge is 0.384 e. The van der Waals surface area contributed by atoms with Gasteiger partial charge in [-0.05, 0) is 24.1 Å². The van der Waals surface area contributed by atoms with E-state index in [2.05, 4.69) is 4.74 Å². The van der Waals surface area contributed by atoms with E-state index in [1.165, 1.54) is 7.11 Å². The third-order valence-corrected chi connectivity index (χ3v) is 3.47. The van der Waals surface area contributed by atoms with Crippen molar-refractivity contribution in [1.29, 1.82) is 0 Å². The Hall–Kier alpha value is -0.830. The monoisotopic (exact) mass is 317 g/mol. The van der Waals surface area contributed by atoms with Crippen LogP contribution in [0.2, 0.25) is 5.02 Å². The SMILES string of the molecule is COCCc1cc(Cl)cc(S(N)(=O)=O)c1C(F)(F)F. The fourth-order valence-electron chi connectivity index (χ4n) is 1.59. The molecular weight excluding hydrogens is 307 g/mol. The summed E-state index contributed by atoms with van der Waals surface area (Å²) in [5, 5.41) is 4.67. The van der Waals surface area contributed by atoms with Crippen LogP contribution in [0.3, 0.4) is 0 Å². The van der Waals surface area contributed by atoms with Crippen LogP contribution in [0.5, 0.6) is 0 Å². The number of methoxy groups -OCH3 is 1. The van der Waals surface area contributed by atoms with Gasteiger partial charge in [-0.3, -0.25) is 0 Å². The molecule has 1 rings (SSSR count). The lowest BCUT2D eigenvalue weighted by molar-refractivity contribution is -0.140. The summed E-state index contributed by atoms with van der Waals surface area (Å²) in [6.45, 7) is -0.00647. The van der Waals surface area contributed by atoms with Crippen molar-refractivity contribution in [2.45, 2.75) is 17.5 Å². The summed E-state index contributed by atoms with van der Waals surface area (Å²) in [4.78, 5) is -1.03. The summed E-state index contributed by atoms with van der Waals surface area (Å²) < 4.78 is 66.2. The van der Waals surface area contributed by atoms with Crippen LogP contribution < -0.4 is 5.14 Å². The number of sulfonamides is 1. The Morgan fingerprint density at radius 2 is 1.95 bits per heavy atom. The van der Waals surface area contributed by atoms with Gasteiger partial charge in [-0.25, -0.2) is 13.6 Å². The molecule has 0 saturated heterocycles. The second kappa shape index (κ2) is 5.66. The van der Waals surface area contributed by atoms with Crippen LogP contribution in [-0.4, -0.2) is 22.1 Å². The summed E-state index contributed by atoms with van der Waals surface area (Å²) in [5.74, 6) is 0. The maximum absolute atomic E-state index is 13.0. The lowest BCUT2D eigenvalue weighted by Gasteiger charge is -2.16. The van der Waals surface area contributed by atoms with Gasteiger partial charge in [0.15, 0.2) is 0 Å². The minimum absolute atomic E-state index is 0.00647. The standard InChI is InChI=1S/C10H11ClF3NO3S/c1-18-3-2-6-4-7(11)5-8(19(15,16)17)9(6)10(12,13)14/h4-5H,2-3H2,1H3,(H2,15,16,17). The van der Waals surface area contributed by atoms with Gasteiger partial charge in [0, 0.05) is 12.1 Å². The highest BCUT2D eigenvalue weighted by Gasteiger charge is 2.39. The molecule has 0 fully saturated rings. The highest BCUT2D eigenvalue weighted by Crippen LogP contribution is 2.38. The average molecular weight is 318 g/mol. The van der Waals surface area contributed by atoms with Crippen LogP contribution in [0, 0.1) is 0 Å². The van der Waals surface area contributed by atoms with Crippen LogP contribution in [0.25, 0.3) is 0 Å². The summed E-state index contributed by atoms with van der Waals surface area (Å²) in [6, 6.07) is 1.74. The minimum Gasteiger partial charge on any atom is -0.384 e. The Bertz CT molecular complexity index is 572. The van der Waals surface area contributed by atoms with Crippen molar-refractivity contribution in [3.63, 3.8) is 0 Å². The highest BCUT2D eigenvalue weighted by atomic mass is 35.5. The van der Waals surface area contributed by atoms with Crippen molar-refractivity contribution >= 4 is 21.6 Å². The van der Waals surface area contributed by atoms with E-state index in [9.17, 15) is 21.6 Å². The number of rotatable bonds is 4. The largest absolute Gasteiger partial charge is 0.417 e. The van der Waals surface area contributed by atoms with Gasteiger partial charge in [0.1, 0.15) is 0 Å². The Morgan fingerprint density at radius 3 is 2.37 bits per heavy atom. The lowest BCUT2D eigenvalue weighted by atomic mass is 10.0. The quantitative estimate of drug-likeness (QED) is 0.925. The van der Waals surface area contributed by atoms with Crippen molar-refractivity contribution in [2.24, 2.45) is 5.14 Å². The molecule has 0 aromatic heterocycles. The number of hydrogen-bond acceptors (Lipinski definition) is 3. The van der Waals surface area contributed by atoms with Crippen molar-refractivity contribution in [3.05, 3.63) is 28.3 Å². The van der Waals surface area contributed by atoms with Crippen LogP contribution >= 0.6 is 11.6 Å². The van der Waals surface area contributed by atoms with Gasteiger partial charge in [0.05, 0.1) is 17.1 Å². The second-order valence-corrected chi connectivity index (χ2v) is 5.69. The van der Waals surface area contributed by atoms with Gasteiger partial charge >= 0.3 is 6.18 Å². The normalized spacial score (nSPS) is 12.7. The molecule has 0 unspecified atom stereocenters. The summed E-state index contributed by atoms with van der Waals surface area (Å²) in [5.41, 5.74) is -1.57. The molecule has 0 heterocycles. The molecule has 0 radical (unpaired) electrons. The predicted molar refractivity (Wildman–Crippen MR) is 63.4 cm³/mol. The molecule has 19 heavy (non-hydrogen) atoms. The van der Waals surface area contributed by atoms with E-state index in [-0.39, 0.29) is 23.6 Å². The first kappa shape index (κ1) is 16.2. The first-order valence-corrected chi connectivity index (χ1v) is 6.91. The summed E-state index contributed by atoms with van der Waals surface area (Å²) in [6.07, 6.45) is -4.98. The molecule has 4 nitrogen and oxygen atoms in total. The molecule has 2 N–H and O–H groups in total. The molecule has 1 aromatic rings. The third-order valence-electron chi connectivity index (χ3n) is 2.31. The summed E-state index contributed by atoms with van der Waals surface area (Å²) >= 11 is 5.63. The molecule has 0 aliphatic heterocycles. The van der Waals surface area contributed by atoms with Crippen LogP contribution in [0.4, 0.5) is 13.2 Å². The van der Waals surface area contributed by atoms with E-state index < -0.39 is 26.7 Å². The van der Waals surface area contributed by atoms with Crippen molar-refractivity contribution < 1.29 is 26.3 Å². The highest BCUT2D eigenvalue weighted by molar-refractivity contribution is 7.89. The fraction of sp³-hybridized carbons (Fsp3) is 0.400. The molecule has 1 aromatic carbocycles. The van der Waals surface area contributed by atoms with Crippen molar-refractivity contribution in [2.75, 3.05) is 13.7 Å². The van der Waals surface area contributed by atoms with Gasteiger partial charge < -0.3 is 4.74 Å². The number of benzene rings is 1. The zero-order valence-corrected chi connectivity index (χ0v) is 11.4. The zero-order chi connectivity index (χ0) is 14.8. The number of alkyl halides is 3. The molecule has 0 bridgehead atoms. The van der Waals surface area contributed by atoms with E-state index in [4.69, 9.17) is 16.7 Å². The first-order valence-electron chi connectivity index (χ1n) is 4.98. The third kappa shape index (κ3) is 4.07. The Labute approximate surface area is 113 Å². The number of primary sulfonamides is 1. The van der Waals surface area contributed by atoms with Gasteiger partial charge in [-0.15, -0.1) is 0 Å². The Morgan fingerprint density at radius 1 is 1.37 bits per heavy atom. The molecule has 108 valence electrons. The van der Waals surface area contributed by atoms with E-state index in [1.807, 2.05) is 0 Å². The average Bonchev–Trinajstić information content (AvgIpc) is 2.22. The molecule has 9 heteroatoms. The Kier molecular flexibility index (Phi) is 4.83. The summed E-state index contributed by atoms with van der Waals surface area (Å²) in [7, 11) is -3.21. The van der Waals surface area contributed by atoms with Gasteiger partial charge in [-0.2, -0.15) is 13.2 Å². The van der Waals surface area contributed by atoms with E-state index in [0.717, 1.165) is 6.07 Å². The minimum atomic E-state index is -4.85. The van der Waals surface area contributed by atoms with Gasteiger partial charge in [-0.1, -0.05) is 11.6 Å². The fourth-order valence-corrected chi connectivity index (χ4v) is 2.72. The first-order chi connectivity index (χ1) is 8.57. The molecule has 0 atom stereocenters. The number of halogens is 4. The predicted octanol–water partition coefficient (Wildman–Crippen LogP) is 2.20. The molecular formula is C10H11ClF3NO3S. The zero-order valence-electron chi connectivity index (χ0n) is 9.79. The van der Waals surface area contributed by atoms with Crippen molar-refractivity contribution in [1.82, 2.24) is 0 Å². The molecule has 0 spiro atoms. The van der Waals surface area contributed by atoms with Crippen LogP contribution in [0.15, 0.2) is 17.0 Å². The van der Waals surface area contributed by atoms with Gasteiger partial charge in [0.2, 0.25) is 10.0 Å². The Balaban J connectivity index is 3.59. The second-order valence-electron chi connectivity index (χ2n) is 3.72. The van der Waals surface area contributed by atoms with Crippen molar-refractivity contribution in [3.8, 4) is 0 Å². The maximum atomic E-state index is 13.0. The topological polar surface area (TPSA) is 69.4 Å². The molecule has 0 aliphatic carbocycles. The maximum Gasteiger partial charge on any atom is 0.417 e. The van der Waals surface area contributed by atoms with Gasteiger partial charge in [0.25, 0.3) is 0 Å².